The zero-order valence-corrected chi connectivity index (χ0v) is 17.0. The quantitative estimate of drug-likeness (QED) is 0.642. The van der Waals surface area contributed by atoms with Gasteiger partial charge in [-0.15, -0.1) is 0 Å². The van der Waals surface area contributed by atoms with Gasteiger partial charge in [0.1, 0.15) is 0 Å². The Morgan fingerprint density at radius 1 is 0.800 bits per heavy atom. The van der Waals surface area contributed by atoms with Crippen LogP contribution in [0.5, 0.6) is 0 Å². The van der Waals surface area contributed by atoms with Crippen molar-refractivity contribution in [3.8, 4) is 0 Å². The predicted octanol–water partition coefficient (Wildman–Crippen LogP) is 5.20. The summed E-state index contributed by atoms with van der Waals surface area (Å²) >= 11 is 4.10. The van der Waals surface area contributed by atoms with Gasteiger partial charge in [0.2, 0.25) is 5.91 Å². The van der Waals surface area contributed by atoms with E-state index in [2.05, 4.69) is 21.2 Å². The lowest BCUT2D eigenvalue weighted by Crippen LogP contribution is -2.61. The molecule has 8 fully saturated rings. The summed E-state index contributed by atoms with van der Waals surface area (Å²) in [6, 6.07) is 0. The van der Waals surface area contributed by atoms with E-state index in [1.165, 1.54) is 77.0 Å². The summed E-state index contributed by atoms with van der Waals surface area (Å²) < 4.78 is 0.373. The van der Waals surface area contributed by atoms with Crippen molar-refractivity contribution in [1.82, 2.24) is 5.32 Å². The smallest absolute Gasteiger partial charge is 0.220 e. The van der Waals surface area contributed by atoms with Crippen LogP contribution in [0.1, 0.15) is 83.5 Å². The topological polar surface area (TPSA) is 29.1 Å². The minimum Gasteiger partial charge on any atom is -0.351 e. The average Bonchev–Trinajstić information content (AvgIpc) is 2.40. The minimum absolute atomic E-state index is 0.195. The molecule has 2 nitrogen and oxygen atoms in total. The summed E-state index contributed by atoms with van der Waals surface area (Å²) in [7, 11) is 0. The van der Waals surface area contributed by atoms with Gasteiger partial charge in [0.25, 0.3) is 0 Å². The van der Waals surface area contributed by atoms with Crippen LogP contribution in [0.15, 0.2) is 0 Å². The van der Waals surface area contributed by atoms with E-state index in [0.717, 1.165) is 36.0 Å². The Labute approximate surface area is 160 Å². The van der Waals surface area contributed by atoms with E-state index >= 15 is 0 Å². The van der Waals surface area contributed by atoms with E-state index < -0.39 is 0 Å². The molecule has 0 aromatic rings. The normalized spacial score (nSPS) is 57.9. The van der Waals surface area contributed by atoms with Crippen LogP contribution in [-0.2, 0) is 4.79 Å². The fraction of sp³-hybridized carbons (Fsp3) is 0.955. The largest absolute Gasteiger partial charge is 0.351 e. The van der Waals surface area contributed by atoms with Crippen molar-refractivity contribution in [2.75, 3.05) is 0 Å². The molecule has 0 aliphatic heterocycles. The number of nitrogens with one attached hydrogen (secondary N) is 1. The highest BCUT2D eigenvalue weighted by Crippen LogP contribution is 2.65. The predicted molar refractivity (Wildman–Crippen MR) is 102 cm³/mol. The van der Waals surface area contributed by atoms with Gasteiger partial charge in [-0.3, -0.25) is 4.79 Å². The molecule has 25 heavy (non-hydrogen) atoms. The van der Waals surface area contributed by atoms with Crippen LogP contribution in [0, 0.1) is 35.0 Å². The van der Waals surface area contributed by atoms with E-state index in [4.69, 9.17) is 0 Å². The van der Waals surface area contributed by atoms with Crippen LogP contribution >= 0.6 is 15.9 Å². The number of alkyl halides is 1. The maximum Gasteiger partial charge on any atom is 0.220 e. The Morgan fingerprint density at radius 3 is 1.84 bits per heavy atom. The number of rotatable bonds is 3. The van der Waals surface area contributed by atoms with E-state index in [9.17, 15) is 4.79 Å². The Bertz CT molecular complexity index is 564. The number of carbonyl (C=O) groups excluding carboxylic acids is 1. The van der Waals surface area contributed by atoms with Crippen LogP contribution in [0.25, 0.3) is 0 Å². The highest BCUT2D eigenvalue weighted by atomic mass is 79.9. The van der Waals surface area contributed by atoms with Crippen LogP contribution in [0.2, 0.25) is 0 Å². The molecule has 3 heteroatoms. The Hall–Kier alpha value is -0.0500. The molecule has 8 aliphatic carbocycles. The highest BCUT2D eigenvalue weighted by molar-refractivity contribution is 9.10. The lowest BCUT2D eigenvalue weighted by atomic mass is 9.48. The second-order valence-corrected chi connectivity index (χ2v) is 13.2. The SMILES string of the molecule is O=C(CC12C[C@@H]3C[C@@H](CC(Br)(C3)C1)C2)NC12CC3CC(CC(C3)C1)C2. The molecule has 0 saturated heterocycles. The van der Waals surface area contributed by atoms with Gasteiger partial charge in [-0.25, -0.2) is 0 Å². The molecule has 0 radical (unpaired) electrons. The van der Waals surface area contributed by atoms with Crippen molar-refractivity contribution in [3.05, 3.63) is 0 Å². The second kappa shape index (κ2) is 5.06. The van der Waals surface area contributed by atoms with Gasteiger partial charge in [0.05, 0.1) is 0 Å². The van der Waals surface area contributed by atoms with Crippen LogP contribution in [0.3, 0.4) is 0 Å². The van der Waals surface area contributed by atoms with Crippen molar-refractivity contribution < 1.29 is 4.79 Å². The van der Waals surface area contributed by atoms with E-state index in [1.54, 1.807) is 0 Å². The van der Waals surface area contributed by atoms with Crippen LogP contribution in [-0.4, -0.2) is 15.8 Å². The monoisotopic (exact) mass is 405 g/mol. The molecular formula is C22H32BrNO. The third-order valence-electron chi connectivity index (χ3n) is 9.09. The molecule has 1 N–H and O–H groups in total. The zero-order chi connectivity index (χ0) is 16.9. The number of hydrogen-bond donors (Lipinski definition) is 1. The second-order valence-electron chi connectivity index (χ2n) is 11.5. The first-order valence-electron chi connectivity index (χ1n) is 10.9. The molecule has 0 heterocycles. The van der Waals surface area contributed by atoms with Crippen LogP contribution < -0.4 is 5.32 Å². The zero-order valence-electron chi connectivity index (χ0n) is 15.4. The molecule has 1 amide bonds. The average molecular weight is 406 g/mol. The van der Waals surface area contributed by atoms with Gasteiger partial charge in [-0.05, 0) is 112 Å². The maximum absolute atomic E-state index is 13.2. The first kappa shape index (κ1) is 16.0. The van der Waals surface area contributed by atoms with Gasteiger partial charge < -0.3 is 5.32 Å². The summed E-state index contributed by atoms with van der Waals surface area (Å²) in [6.45, 7) is 0. The Balaban J connectivity index is 1.18. The third kappa shape index (κ3) is 2.57. The molecule has 8 aliphatic rings. The molecule has 8 saturated carbocycles. The first-order chi connectivity index (χ1) is 11.9. The van der Waals surface area contributed by atoms with E-state index in [0.29, 0.717) is 15.6 Å². The third-order valence-corrected chi connectivity index (χ3v) is 10.0. The number of carbonyl (C=O) groups is 1. The summed E-state index contributed by atoms with van der Waals surface area (Å²) in [5.41, 5.74) is 0.514. The highest BCUT2D eigenvalue weighted by Gasteiger charge is 2.58. The van der Waals surface area contributed by atoms with Gasteiger partial charge in [0.15, 0.2) is 0 Å². The number of hydrogen-bond acceptors (Lipinski definition) is 1. The molecule has 4 atom stereocenters. The van der Waals surface area contributed by atoms with Gasteiger partial charge in [0, 0.05) is 16.3 Å². The molecule has 8 rings (SSSR count). The molecule has 0 spiro atoms. The Morgan fingerprint density at radius 2 is 1.32 bits per heavy atom. The summed E-state index contributed by atoms with van der Waals surface area (Å²) in [5.74, 6) is 4.91. The molecule has 2 unspecified atom stereocenters. The summed E-state index contributed by atoms with van der Waals surface area (Å²) in [4.78, 5) is 13.2. The number of halogens is 1. The lowest BCUT2D eigenvalue weighted by Gasteiger charge is -2.61. The van der Waals surface area contributed by atoms with Crippen molar-refractivity contribution >= 4 is 21.8 Å². The molecule has 0 aromatic carbocycles. The molecular weight excluding hydrogens is 374 g/mol. The molecule has 0 aromatic heterocycles. The lowest BCUT2D eigenvalue weighted by molar-refractivity contribution is -0.133. The van der Waals surface area contributed by atoms with Crippen molar-refractivity contribution in [2.45, 2.75) is 93.3 Å². The van der Waals surface area contributed by atoms with Gasteiger partial charge in [-0.2, -0.15) is 0 Å². The first-order valence-corrected chi connectivity index (χ1v) is 11.7. The standard InChI is InChI=1S/C22H32BrNO/c23-21-7-17-4-18(8-21)6-20(5-17,13-21)12-19(25)24-22-9-14-1-15(10-22)3-16(2-14)11-22/h14-18H,1-13H2,(H,24,25)/t14?,15?,16?,17-,18+,20?,21?,22?. The van der Waals surface area contributed by atoms with Gasteiger partial charge in [-0.1, -0.05) is 15.9 Å². The van der Waals surface area contributed by atoms with Gasteiger partial charge >= 0.3 is 0 Å². The van der Waals surface area contributed by atoms with Crippen molar-refractivity contribution in [2.24, 2.45) is 35.0 Å². The number of amides is 1. The minimum atomic E-state index is 0.195. The fourth-order valence-corrected chi connectivity index (χ4v) is 11.0. The fourth-order valence-electron chi connectivity index (χ4n) is 9.49. The summed E-state index contributed by atoms with van der Waals surface area (Å²) in [6.07, 6.45) is 17.1. The van der Waals surface area contributed by atoms with E-state index in [-0.39, 0.29) is 5.54 Å². The molecule has 138 valence electrons. The Kier molecular flexibility index (Phi) is 3.23. The van der Waals surface area contributed by atoms with Crippen molar-refractivity contribution in [1.29, 1.82) is 0 Å². The van der Waals surface area contributed by atoms with E-state index in [1.807, 2.05) is 0 Å². The maximum atomic E-state index is 13.2. The van der Waals surface area contributed by atoms with Crippen molar-refractivity contribution in [3.63, 3.8) is 0 Å². The van der Waals surface area contributed by atoms with Crippen LogP contribution in [0.4, 0.5) is 0 Å². The summed E-state index contributed by atoms with van der Waals surface area (Å²) in [5, 5.41) is 3.66. The molecule has 8 bridgehead atoms.